The van der Waals surface area contributed by atoms with Gasteiger partial charge < -0.3 is 4.42 Å². The highest BCUT2D eigenvalue weighted by Gasteiger charge is 2.16. The van der Waals surface area contributed by atoms with Crippen LogP contribution in [0.25, 0.3) is 0 Å². The third-order valence-corrected chi connectivity index (χ3v) is 3.55. The molecule has 0 spiro atoms. The molecule has 1 nitrogen and oxygen atoms in total. The predicted octanol–water partition coefficient (Wildman–Crippen LogP) is 5.07. The molecular weight excluding hydrogens is 299 g/mol. The van der Waals surface area contributed by atoms with Crippen molar-refractivity contribution in [2.45, 2.75) is 4.83 Å². The van der Waals surface area contributed by atoms with Crippen LogP contribution in [0, 0.1) is 0 Å². The van der Waals surface area contributed by atoms with Gasteiger partial charge in [0.1, 0.15) is 5.76 Å². The molecule has 1 heterocycles. The van der Waals surface area contributed by atoms with Gasteiger partial charge in [0.25, 0.3) is 0 Å². The van der Waals surface area contributed by atoms with Crippen LogP contribution in [0.5, 0.6) is 0 Å². The Morgan fingerprint density at radius 1 is 1.20 bits per heavy atom. The van der Waals surface area contributed by atoms with Crippen molar-refractivity contribution in [3.05, 3.63) is 58.0 Å². The SMILES string of the molecule is Clc1ccc(Cl)c(C(Br)c2ccco2)c1. The summed E-state index contributed by atoms with van der Waals surface area (Å²) in [6.07, 6.45) is 1.63. The first kappa shape index (κ1) is 11.1. The van der Waals surface area contributed by atoms with Gasteiger partial charge in [0.2, 0.25) is 0 Å². The lowest BCUT2D eigenvalue weighted by Crippen LogP contribution is -1.91. The second-order valence-corrected chi connectivity index (χ2v) is 4.80. The summed E-state index contributed by atoms with van der Waals surface area (Å²) in [6.45, 7) is 0. The first-order valence-corrected chi connectivity index (χ1v) is 5.98. The van der Waals surface area contributed by atoms with Gasteiger partial charge in [0.05, 0.1) is 11.1 Å². The lowest BCUT2D eigenvalue weighted by atomic mass is 10.1. The van der Waals surface area contributed by atoms with E-state index in [9.17, 15) is 0 Å². The van der Waals surface area contributed by atoms with Crippen LogP contribution in [-0.2, 0) is 0 Å². The maximum absolute atomic E-state index is 6.08. The summed E-state index contributed by atoms with van der Waals surface area (Å²) in [6, 6.07) is 9.08. The number of hydrogen-bond acceptors (Lipinski definition) is 1. The van der Waals surface area contributed by atoms with E-state index in [1.165, 1.54) is 0 Å². The molecule has 0 aliphatic rings. The molecule has 0 amide bonds. The average molecular weight is 306 g/mol. The summed E-state index contributed by atoms with van der Waals surface area (Å²) in [5.41, 5.74) is 0.902. The zero-order chi connectivity index (χ0) is 10.8. The van der Waals surface area contributed by atoms with Crippen LogP contribution in [0.4, 0.5) is 0 Å². The second-order valence-electron chi connectivity index (χ2n) is 3.04. The van der Waals surface area contributed by atoms with Crippen LogP contribution in [0.1, 0.15) is 16.2 Å². The number of halogens is 3. The summed E-state index contributed by atoms with van der Waals surface area (Å²) < 4.78 is 5.30. The number of rotatable bonds is 2. The van der Waals surface area contributed by atoms with Crippen molar-refractivity contribution in [1.29, 1.82) is 0 Å². The molecule has 78 valence electrons. The van der Waals surface area contributed by atoms with Gasteiger partial charge in [-0.15, -0.1) is 0 Å². The fourth-order valence-electron chi connectivity index (χ4n) is 1.30. The molecular formula is C11H7BrCl2O. The lowest BCUT2D eigenvalue weighted by molar-refractivity contribution is 0.520. The van der Waals surface area contributed by atoms with E-state index >= 15 is 0 Å². The van der Waals surface area contributed by atoms with Crippen LogP contribution in [0.3, 0.4) is 0 Å². The van der Waals surface area contributed by atoms with E-state index in [-0.39, 0.29) is 4.83 Å². The molecule has 0 saturated carbocycles. The molecule has 1 aromatic heterocycles. The fraction of sp³-hybridized carbons (Fsp3) is 0.0909. The summed E-state index contributed by atoms with van der Waals surface area (Å²) in [7, 11) is 0. The third-order valence-electron chi connectivity index (χ3n) is 2.02. The first-order valence-electron chi connectivity index (χ1n) is 4.31. The molecule has 0 N–H and O–H groups in total. The Labute approximate surface area is 106 Å². The highest BCUT2D eigenvalue weighted by Crippen LogP contribution is 2.36. The molecule has 0 saturated heterocycles. The summed E-state index contributed by atoms with van der Waals surface area (Å²) in [5.74, 6) is 0.805. The maximum atomic E-state index is 6.08. The van der Waals surface area contributed by atoms with Gasteiger partial charge in [-0.05, 0) is 35.9 Å². The Hall–Kier alpha value is -0.440. The predicted molar refractivity (Wildman–Crippen MR) is 65.9 cm³/mol. The van der Waals surface area contributed by atoms with E-state index in [1.807, 2.05) is 18.2 Å². The number of benzene rings is 1. The Kier molecular flexibility index (Phi) is 3.39. The van der Waals surface area contributed by atoms with E-state index in [2.05, 4.69) is 15.9 Å². The van der Waals surface area contributed by atoms with Crippen molar-refractivity contribution in [2.75, 3.05) is 0 Å². The summed E-state index contributed by atoms with van der Waals surface area (Å²) in [4.78, 5) is -0.0706. The van der Waals surface area contributed by atoms with Crippen molar-refractivity contribution < 1.29 is 4.42 Å². The molecule has 0 aliphatic carbocycles. The molecule has 4 heteroatoms. The molecule has 15 heavy (non-hydrogen) atoms. The van der Waals surface area contributed by atoms with Gasteiger partial charge in [-0.25, -0.2) is 0 Å². The molecule has 2 aromatic rings. The fourth-order valence-corrected chi connectivity index (χ4v) is 2.48. The van der Waals surface area contributed by atoms with Gasteiger partial charge in [0, 0.05) is 10.0 Å². The molecule has 0 aliphatic heterocycles. The van der Waals surface area contributed by atoms with Crippen LogP contribution in [0.15, 0.2) is 41.0 Å². The number of alkyl halides is 1. The molecule has 1 unspecified atom stereocenters. The molecule has 0 radical (unpaired) electrons. The van der Waals surface area contributed by atoms with Gasteiger partial charge in [-0.1, -0.05) is 39.1 Å². The first-order chi connectivity index (χ1) is 7.18. The standard InChI is InChI=1S/C11H7BrCl2O/c12-11(10-2-1-5-15-10)8-6-7(13)3-4-9(8)14/h1-6,11H. The highest BCUT2D eigenvalue weighted by molar-refractivity contribution is 9.09. The Morgan fingerprint density at radius 2 is 2.00 bits per heavy atom. The van der Waals surface area contributed by atoms with E-state index in [0.29, 0.717) is 10.0 Å². The van der Waals surface area contributed by atoms with Gasteiger partial charge in [0.15, 0.2) is 0 Å². The Balaban J connectivity index is 2.41. The average Bonchev–Trinajstić information content (AvgIpc) is 2.74. The number of hydrogen-bond donors (Lipinski definition) is 0. The van der Waals surface area contributed by atoms with Gasteiger partial charge in [-0.2, -0.15) is 0 Å². The minimum Gasteiger partial charge on any atom is -0.468 e. The van der Waals surface area contributed by atoms with Crippen molar-refractivity contribution in [2.24, 2.45) is 0 Å². The van der Waals surface area contributed by atoms with E-state index in [4.69, 9.17) is 27.6 Å². The molecule has 1 atom stereocenters. The minimum absolute atomic E-state index is 0.0706. The lowest BCUT2D eigenvalue weighted by Gasteiger charge is -2.09. The zero-order valence-electron chi connectivity index (χ0n) is 7.58. The quantitative estimate of drug-likeness (QED) is 0.706. The van der Waals surface area contributed by atoms with Crippen LogP contribution in [-0.4, -0.2) is 0 Å². The normalized spacial score (nSPS) is 12.7. The van der Waals surface area contributed by atoms with Gasteiger partial charge >= 0.3 is 0 Å². The topological polar surface area (TPSA) is 13.1 Å². The maximum Gasteiger partial charge on any atom is 0.121 e. The second kappa shape index (κ2) is 4.60. The largest absolute Gasteiger partial charge is 0.468 e. The molecule has 2 rings (SSSR count). The van der Waals surface area contributed by atoms with Crippen LogP contribution in [0.2, 0.25) is 10.0 Å². The van der Waals surface area contributed by atoms with Gasteiger partial charge in [-0.3, -0.25) is 0 Å². The zero-order valence-corrected chi connectivity index (χ0v) is 10.7. The number of furan rings is 1. The molecule has 1 aromatic carbocycles. The van der Waals surface area contributed by atoms with E-state index in [1.54, 1.807) is 18.4 Å². The monoisotopic (exact) mass is 304 g/mol. The Morgan fingerprint density at radius 3 is 2.67 bits per heavy atom. The Bertz CT molecular complexity index is 454. The third kappa shape index (κ3) is 2.39. The molecule has 0 bridgehead atoms. The smallest absolute Gasteiger partial charge is 0.121 e. The highest BCUT2D eigenvalue weighted by atomic mass is 79.9. The summed E-state index contributed by atoms with van der Waals surface area (Å²) in [5, 5.41) is 1.32. The minimum atomic E-state index is -0.0706. The van der Waals surface area contributed by atoms with Crippen molar-refractivity contribution in [3.63, 3.8) is 0 Å². The van der Waals surface area contributed by atoms with E-state index in [0.717, 1.165) is 11.3 Å². The summed E-state index contributed by atoms with van der Waals surface area (Å²) >= 11 is 15.5. The van der Waals surface area contributed by atoms with Crippen molar-refractivity contribution >= 4 is 39.1 Å². The van der Waals surface area contributed by atoms with Crippen LogP contribution < -0.4 is 0 Å². The molecule has 0 fully saturated rings. The van der Waals surface area contributed by atoms with Crippen molar-refractivity contribution in [3.8, 4) is 0 Å². The van der Waals surface area contributed by atoms with E-state index < -0.39 is 0 Å². The van der Waals surface area contributed by atoms with Crippen molar-refractivity contribution in [1.82, 2.24) is 0 Å². The van der Waals surface area contributed by atoms with Crippen LogP contribution >= 0.6 is 39.1 Å².